The third kappa shape index (κ3) is 3.39. The Balaban J connectivity index is 1.41. The van der Waals surface area contributed by atoms with Gasteiger partial charge in [-0.2, -0.15) is 0 Å². The molecule has 2 aliphatic rings. The van der Waals surface area contributed by atoms with Gasteiger partial charge in [0.15, 0.2) is 0 Å². The minimum absolute atomic E-state index is 0.0168. The molecule has 1 aromatic carbocycles. The molecule has 0 aliphatic carbocycles. The lowest BCUT2D eigenvalue weighted by atomic mass is 10.00. The molecule has 0 saturated carbocycles. The predicted octanol–water partition coefficient (Wildman–Crippen LogP) is 4.30. The van der Waals surface area contributed by atoms with Crippen LogP contribution in [0.2, 0.25) is 0 Å². The molecule has 2 aliphatic heterocycles. The highest BCUT2D eigenvalue weighted by atomic mass is 16.5. The summed E-state index contributed by atoms with van der Waals surface area (Å²) >= 11 is 0. The number of benzene rings is 1. The van der Waals surface area contributed by atoms with E-state index in [0.29, 0.717) is 0 Å². The van der Waals surface area contributed by atoms with Crippen molar-refractivity contribution in [3.8, 4) is 5.75 Å². The molecular formula is C21H25N3O2. The van der Waals surface area contributed by atoms with E-state index in [2.05, 4.69) is 24.1 Å². The molecule has 5 nitrogen and oxygen atoms in total. The van der Waals surface area contributed by atoms with Crippen molar-refractivity contribution in [1.29, 1.82) is 0 Å². The summed E-state index contributed by atoms with van der Waals surface area (Å²) in [5.74, 6) is 0.859. The third-order valence-corrected chi connectivity index (χ3v) is 5.64. The Bertz CT molecular complexity index is 779. The lowest BCUT2D eigenvalue weighted by Gasteiger charge is -2.38. The van der Waals surface area contributed by atoms with Gasteiger partial charge in [-0.05, 0) is 62.1 Å². The van der Waals surface area contributed by atoms with E-state index in [-0.39, 0.29) is 24.2 Å². The highest BCUT2D eigenvalue weighted by Gasteiger charge is 2.44. The zero-order valence-electron chi connectivity index (χ0n) is 15.3. The van der Waals surface area contributed by atoms with E-state index in [1.165, 1.54) is 11.1 Å². The monoisotopic (exact) mass is 351 g/mol. The Hall–Kier alpha value is -2.56. The van der Waals surface area contributed by atoms with Crippen LogP contribution in [-0.4, -0.2) is 34.1 Å². The van der Waals surface area contributed by atoms with E-state index < -0.39 is 0 Å². The van der Waals surface area contributed by atoms with Gasteiger partial charge < -0.3 is 15.0 Å². The van der Waals surface area contributed by atoms with E-state index in [0.717, 1.165) is 37.1 Å². The fourth-order valence-corrected chi connectivity index (χ4v) is 4.17. The topological polar surface area (TPSA) is 54.5 Å². The van der Waals surface area contributed by atoms with Crippen LogP contribution in [0, 0.1) is 13.8 Å². The van der Waals surface area contributed by atoms with Gasteiger partial charge in [0.2, 0.25) is 0 Å². The van der Waals surface area contributed by atoms with E-state index in [1.807, 2.05) is 35.2 Å². The van der Waals surface area contributed by atoms with Gasteiger partial charge in [-0.15, -0.1) is 0 Å². The summed E-state index contributed by atoms with van der Waals surface area (Å²) in [7, 11) is 0. The molecule has 2 aromatic rings. The number of aryl methyl sites for hydroxylation is 2. The number of carbonyl (C=O) groups is 1. The van der Waals surface area contributed by atoms with E-state index in [1.54, 1.807) is 12.4 Å². The number of ether oxygens (including phenoxy) is 1. The van der Waals surface area contributed by atoms with Crippen LogP contribution < -0.4 is 10.1 Å². The molecule has 1 aromatic heterocycles. The first-order chi connectivity index (χ1) is 12.6. The molecular weight excluding hydrogens is 326 g/mol. The fourth-order valence-electron chi connectivity index (χ4n) is 4.17. The number of piperidine rings is 1. The van der Waals surface area contributed by atoms with Crippen LogP contribution in [-0.2, 0) is 0 Å². The van der Waals surface area contributed by atoms with Crippen LogP contribution in [0.1, 0.15) is 36.8 Å². The maximum absolute atomic E-state index is 12.9. The normalized spacial score (nSPS) is 24.4. The molecule has 2 atom stereocenters. The van der Waals surface area contributed by atoms with Crippen LogP contribution in [0.15, 0.2) is 42.7 Å². The Kier molecular flexibility index (Phi) is 4.53. The highest BCUT2D eigenvalue weighted by molar-refractivity contribution is 5.90. The van der Waals surface area contributed by atoms with Crippen molar-refractivity contribution in [2.24, 2.45) is 0 Å². The van der Waals surface area contributed by atoms with Gasteiger partial charge >= 0.3 is 6.03 Å². The zero-order chi connectivity index (χ0) is 18.1. The van der Waals surface area contributed by atoms with Crippen molar-refractivity contribution >= 4 is 11.7 Å². The maximum atomic E-state index is 12.9. The summed E-state index contributed by atoms with van der Waals surface area (Å²) in [6, 6.07) is 10.4. The number of urea groups is 1. The molecule has 1 N–H and O–H groups in total. The molecule has 5 heteroatoms. The first-order valence-electron chi connectivity index (χ1n) is 9.33. The SMILES string of the molecule is Cc1ccc(NC(=O)N2C3CCC2CC(Oc2ccncc2)C3)cc1C. The van der Waals surface area contributed by atoms with Gasteiger partial charge in [-0.25, -0.2) is 4.79 Å². The Morgan fingerprint density at radius 2 is 1.77 bits per heavy atom. The van der Waals surface area contributed by atoms with Gasteiger partial charge in [0.1, 0.15) is 11.9 Å². The van der Waals surface area contributed by atoms with Gasteiger partial charge in [-0.1, -0.05) is 6.07 Å². The molecule has 0 radical (unpaired) electrons. The van der Waals surface area contributed by atoms with Crippen LogP contribution in [0.3, 0.4) is 0 Å². The largest absolute Gasteiger partial charge is 0.490 e. The number of hydrogen-bond acceptors (Lipinski definition) is 3. The molecule has 136 valence electrons. The van der Waals surface area contributed by atoms with Crippen molar-refractivity contribution < 1.29 is 9.53 Å². The summed E-state index contributed by atoms with van der Waals surface area (Å²) in [5, 5.41) is 3.08. The number of fused-ring (bicyclic) bond motifs is 2. The standard InChI is InChI=1S/C21H25N3O2/c1-14-3-4-16(11-15(14)2)23-21(25)24-17-5-6-18(24)13-20(12-17)26-19-7-9-22-10-8-19/h3-4,7-11,17-18,20H,5-6,12-13H2,1-2H3,(H,23,25). The summed E-state index contributed by atoms with van der Waals surface area (Å²) < 4.78 is 6.11. The third-order valence-electron chi connectivity index (χ3n) is 5.64. The number of amides is 2. The number of rotatable bonds is 3. The average molecular weight is 351 g/mol. The highest BCUT2D eigenvalue weighted by Crippen LogP contribution is 2.37. The number of carbonyl (C=O) groups excluding carboxylic acids is 1. The maximum Gasteiger partial charge on any atom is 0.322 e. The number of anilines is 1. The minimum atomic E-state index is 0.0168. The van der Waals surface area contributed by atoms with Crippen LogP contribution in [0.25, 0.3) is 0 Å². The second kappa shape index (κ2) is 6.98. The van der Waals surface area contributed by atoms with Crippen molar-refractivity contribution in [3.05, 3.63) is 53.9 Å². The van der Waals surface area contributed by atoms with Crippen LogP contribution in [0.5, 0.6) is 5.75 Å². The van der Waals surface area contributed by atoms with Crippen molar-refractivity contribution in [1.82, 2.24) is 9.88 Å². The Labute approximate surface area is 154 Å². The quantitative estimate of drug-likeness (QED) is 0.897. The molecule has 2 unspecified atom stereocenters. The summed E-state index contributed by atoms with van der Waals surface area (Å²) in [5.41, 5.74) is 3.29. The summed E-state index contributed by atoms with van der Waals surface area (Å²) in [6.45, 7) is 4.14. The molecule has 2 bridgehead atoms. The molecule has 2 fully saturated rings. The molecule has 2 saturated heterocycles. The predicted molar refractivity (Wildman–Crippen MR) is 101 cm³/mol. The number of aromatic nitrogens is 1. The summed E-state index contributed by atoms with van der Waals surface area (Å²) in [6.07, 6.45) is 7.55. The number of nitrogens with zero attached hydrogens (tertiary/aromatic N) is 2. The second-order valence-corrected chi connectivity index (χ2v) is 7.42. The van der Waals surface area contributed by atoms with E-state index in [4.69, 9.17) is 4.74 Å². The molecule has 2 amide bonds. The number of pyridine rings is 1. The first kappa shape index (κ1) is 16.9. The van der Waals surface area contributed by atoms with E-state index in [9.17, 15) is 4.79 Å². The van der Waals surface area contributed by atoms with Crippen molar-refractivity contribution in [3.63, 3.8) is 0 Å². The van der Waals surface area contributed by atoms with E-state index >= 15 is 0 Å². The van der Waals surface area contributed by atoms with Gasteiger partial charge in [-0.3, -0.25) is 4.98 Å². The molecule has 4 rings (SSSR count). The van der Waals surface area contributed by atoms with Gasteiger partial charge in [0.25, 0.3) is 0 Å². The first-order valence-corrected chi connectivity index (χ1v) is 9.33. The fraction of sp³-hybridized carbons (Fsp3) is 0.429. The van der Waals surface area contributed by atoms with Crippen molar-refractivity contribution in [2.75, 3.05) is 5.32 Å². The molecule has 3 heterocycles. The minimum Gasteiger partial charge on any atom is -0.490 e. The van der Waals surface area contributed by atoms with Gasteiger partial charge in [0, 0.05) is 43.0 Å². The Morgan fingerprint density at radius 1 is 1.08 bits per heavy atom. The number of nitrogens with one attached hydrogen (secondary N) is 1. The molecule has 0 spiro atoms. The van der Waals surface area contributed by atoms with Crippen LogP contribution >= 0.6 is 0 Å². The smallest absolute Gasteiger partial charge is 0.322 e. The lowest BCUT2D eigenvalue weighted by molar-refractivity contribution is 0.0732. The van der Waals surface area contributed by atoms with Crippen molar-refractivity contribution in [2.45, 2.75) is 57.7 Å². The average Bonchev–Trinajstić information content (AvgIpc) is 2.90. The summed E-state index contributed by atoms with van der Waals surface area (Å²) in [4.78, 5) is 18.9. The van der Waals surface area contributed by atoms with Crippen LogP contribution in [0.4, 0.5) is 10.5 Å². The van der Waals surface area contributed by atoms with Gasteiger partial charge in [0.05, 0.1) is 0 Å². The lowest BCUT2D eigenvalue weighted by Crippen LogP contribution is -2.50. The Morgan fingerprint density at radius 3 is 2.42 bits per heavy atom. The number of hydrogen-bond donors (Lipinski definition) is 1. The second-order valence-electron chi connectivity index (χ2n) is 7.42. The zero-order valence-corrected chi connectivity index (χ0v) is 15.3. The molecule has 26 heavy (non-hydrogen) atoms.